The summed E-state index contributed by atoms with van der Waals surface area (Å²) in [5.74, 6) is -1.66. The number of rotatable bonds is 6. The summed E-state index contributed by atoms with van der Waals surface area (Å²) in [6.45, 7) is 1.80. The van der Waals surface area contributed by atoms with Crippen LogP contribution in [0.25, 0.3) is 5.69 Å². The smallest absolute Gasteiger partial charge is 0.334 e. The van der Waals surface area contributed by atoms with Crippen molar-refractivity contribution in [2.45, 2.75) is 13.0 Å². The SMILES string of the molecule is COC(CNC(=O)c1cn(-c2cccc(C)c2)nn1)C(=O)O. The average molecular weight is 304 g/mol. The van der Waals surface area contributed by atoms with E-state index in [0.29, 0.717) is 0 Å². The molecule has 0 aliphatic heterocycles. The molecular formula is C14H16N4O4. The summed E-state index contributed by atoms with van der Waals surface area (Å²) in [5, 5.41) is 18.9. The summed E-state index contributed by atoms with van der Waals surface area (Å²) in [6, 6.07) is 7.57. The van der Waals surface area contributed by atoms with E-state index in [1.807, 2.05) is 31.2 Å². The van der Waals surface area contributed by atoms with Crippen LogP contribution in [0.15, 0.2) is 30.5 Å². The second kappa shape index (κ2) is 6.81. The number of aryl methyl sites for hydroxylation is 1. The van der Waals surface area contributed by atoms with Crippen molar-refractivity contribution in [3.63, 3.8) is 0 Å². The topological polar surface area (TPSA) is 106 Å². The molecule has 1 unspecified atom stereocenters. The van der Waals surface area contributed by atoms with Crippen molar-refractivity contribution in [1.82, 2.24) is 20.3 Å². The van der Waals surface area contributed by atoms with Gasteiger partial charge in [0.2, 0.25) is 0 Å². The number of aliphatic carboxylic acids is 1. The number of aromatic nitrogens is 3. The van der Waals surface area contributed by atoms with E-state index in [0.717, 1.165) is 11.3 Å². The molecule has 0 spiro atoms. The van der Waals surface area contributed by atoms with E-state index in [4.69, 9.17) is 9.84 Å². The van der Waals surface area contributed by atoms with Crippen molar-refractivity contribution < 1.29 is 19.4 Å². The van der Waals surface area contributed by atoms with Crippen LogP contribution >= 0.6 is 0 Å². The molecule has 8 heteroatoms. The van der Waals surface area contributed by atoms with Gasteiger partial charge in [-0.1, -0.05) is 17.3 Å². The summed E-state index contributed by atoms with van der Waals surface area (Å²) in [4.78, 5) is 22.7. The lowest BCUT2D eigenvalue weighted by atomic mass is 10.2. The van der Waals surface area contributed by atoms with Crippen molar-refractivity contribution in [2.75, 3.05) is 13.7 Å². The highest BCUT2D eigenvalue weighted by molar-refractivity contribution is 5.92. The molecule has 2 N–H and O–H groups in total. The third-order valence-corrected chi connectivity index (χ3v) is 3.00. The van der Waals surface area contributed by atoms with Gasteiger partial charge in [-0.25, -0.2) is 9.48 Å². The second-order valence-electron chi connectivity index (χ2n) is 4.66. The number of hydrogen-bond acceptors (Lipinski definition) is 5. The van der Waals surface area contributed by atoms with Crippen LogP contribution < -0.4 is 5.32 Å². The third kappa shape index (κ3) is 3.67. The molecule has 1 heterocycles. The van der Waals surface area contributed by atoms with Crippen LogP contribution in [0.2, 0.25) is 0 Å². The molecule has 0 bridgehead atoms. The molecule has 0 aliphatic rings. The number of benzene rings is 1. The van der Waals surface area contributed by atoms with E-state index in [2.05, 4.69) is 15.6 Å². The minimum absolute atomic E-state index is 0.0988. The van der Waals surface area contributed by atoms with E-state index in [1.54, 1.807) is 0 Å². The molecule has 0 fully saturated rings. The number of carbonyl (C=O) groups excluding carboxylic acids is 1. The predicted octanol–water partition coefficient (Wildman–Crippen LogP) is 0.405. The zero-order valence-electron chi connectivity index (χ0n) is 12.2. The fourth-order valence-corrected chi connectivity index (χ4v) is 1.81. The molecule has 22 heavy (non-hydrogen) atoms. The van der Waals surface area contributed by atoms with Crippen LogP contribution in [-0.4, -0.2) is 51.7 Å². The Bertz CT molecular complexity index is 683. The summed E-state index contributed by atoms with van der Waals surface area (Å²) in [7, 11) is 1.26. The molecule has 0 saturated carbocycles. The molecule has 8 nitrogen and oxygen atoms in total. The van der Waals surface area contributed by atoms with Crippen molar-refractivity contribution in [2.24, 2.45) is 0 Å². The summed E-state index contributed by atoms with van der Waals surface area (Å²) in [6.07, 6.45) is 0.378. The van der Waals surface area contributed by atoms with Crippen molar-refractivity contribution in [3.05, 3.63) is 41.7 Å². The number of nitrogens with one attached hydrogen (secondary N) is 1. The Kier molecular flexibility index (Phi) is 4.84. The molecule has 2 aromatic rings. The Labute approximate surface area is 126 Å². The highest BCUT2D eigenvalue weighted by Crippen LogP contribution is 2.09. The zero-order chi connectivity index (χ0) is 16.1. The molecule has 0 radical (unpaired) electrons. The monoisotopic (exact) mass is 304 g/mol. The highest BCUT2D eigenvalue weighted by atomic mass is 16.5. The van der Waals surface area contributed by atoms with Crippen molar-refractivity contribution >= 4 is 11.9 Å². The van der Waals surface area contributed by atoms with Gasteiger partial charge in [-0.15, -0.1) is 5.10 Å². The Morgan fingerprint density at radius 3 is 2.86 bits per heavy atom. The van der Waals surface area contributed by atoms with E-state index in [9.17, 15) is 9.59 Å². The van der Waals surface area contributed by atoms with Crippen LogP contribution in [0, 0.1) is 6.92 Å². The Morgan fingerprint density at radius 1 is 1.45 bits per heavy atom. The van der Waals surface area contributed by atoms with Crippen LogP contribution in [-0.2, 0) is 9.53 Å². The van der Waals surface area contributed by atoms with Gasteiger partial charge >= 0.3 is 5.97 Å². The quantitative estimate of drug-likeness (QED) is 0.800. The first kappa shape index (κ1) is 15.6. The number of nitrogens with zero attached hydrogens (tertiary/aromatic N) is 3. The lowest BCUT2D eigenvalue weighted by molar-refractivity contribution is -0.148. The number of carboxylic acids is 1. The van der Waals surface area contributed by atoms with Gasteiger partial charge in [0, 0.05) is 7.11 Å². The van der Waals surface area contributed by atoms with Gasteiger partial charge in [0.05, 0.1) is 18.4 Å². The molecule has 0 saturated heterocycles. The molecule has 0 aliphatic carbocycles. The van der Waals surface area contributed by atoms with Gasteiger partial charge in [0.15, 0.2) is 11.8 Å². The van der Waals surface area contributed by atoms with E-state index in [-0.39, 0.29) is 12.2 Å². The number of ether oxygens (including phenoxy) is 1. The minimum Gasteiger partial charge on any atom is -0.479 e. The first-order chi connectivity index (χ1) is 10.5. The Morgan fingerprint density at radius 2 is 2.23 bits per heavy atom. The lowest BCUT2D eigenvalue weighted by Gasteiger charge is -2.10. The van der Waals surface area contributed by atoms with E-state index in [1.165, 1.54) is 18.0 Å². The zero-order valence-corrected chi connectivity index (χ0v) is 12.2. The normalized spacial score (nSPS) is 11.9. The van der Waals surface area contributed by atoms with Crippen molar-refractivity contribution in [3.8, 4) is 5.69 Å². The van der Waals surface area contributed by atoms with E-state index >= 15 is 0 Å². The van der Waals surface area contributed by atoms with Crippen LogP contribution in [0.5, 0.6) is 0 Å². The maximum atomic E-state index is 11.9. The summed E-state index contributed by atoms with van der Waals surface area (Å²) >= 11 is 0. The molecule has 2 rings (SSSR count). The second-order valence-corrected chi connectivity index (χ2v) is 4.66. The van der Waals surface area contributed by atoms with Crippen LogP contribution in [0.3, 0.4) is 0 Å². The summed E-state index contributed by atoms with van der Waals surface area (Å²) < 4.78 is 6.21. The van der Waals surface area contributed by atoms with E-state index < -0.39 is 18.0 Å². The van der Waals surface area contributed by atoms with Crippen LogP contribution in [0.1, 0.15) is 16.1 Å². The number of amides is 1. The van der Waals surface area contributed by atoms with Gasteiger partial charge < -0.3 is 15.2 Å². The van der Waals surface area contributed by atoms with Gasteiger partial charge in [-0.3, -0.25) is 4.79 Å². The average Bonchev–Trinajstić information content (AvgIpc) is 2.97. The summed E-state index contributed by atoms with van der Waals surface area (Å²) in [5.41, 5.74) is 1.94. The minimum atomic E-state index is -1.15. The molecular weight excluding hydrogens is 288 g/mol. The van der Waals surface area contributed by atoms with Crippen molar-refractivity contribution in [1.29, 1.82) is 0 Å². The van der Waals surface area contributed by atoms with Gasteiger partial charge in [-0.05, 0) is 24.6 Å². The van der Waals surface area contributed by atoms with Gasteiger partial charge in [-0.2, -0.15) is 0 Å². The molecule has 1 amide bonds. The number of methoxy groups -OCH3 is 1. The third-order valence-electron chi connectivity index (χ3n) is 3.00. The molecule has 1 aromatic carbocycles. The maximum Gasteiger partial charge on any atom is 0.334 e. The molecule has 1 atom stereocenters. The van der Waals surface area contributed by atoms with Crippen LogP contribution in [0.4, 0.5) is 0 Å². The standard InChI is InChI=1S/C14H16N4O4/c1-9-4-3-5-10(6-9)18-8-11(16-17-18)13(19)15-7-12(22-2)14(20)21/h3-6,8,12H,7H2,1-2H3,(H,15,19)(H,20,21). The Hall–Kier alpha value is -2.74. The largest absolute Gasteiger partial charge is 0.479 e. The fraction of sp³-hybridized carbons (Fsp3) is 0.286. The van der Waals surface area contributed by atoms with Gasteiger partial charge in [0.1, 0.15) is 0 Å². The first-order valence-corrected chi connectivity index (χ1v) is 6.54. The fourth-order valence-electron chi connectivity index (χ4n) is 1.81. The highest BCUT2D eigenvalue weighted by Gasteiger charge is 2.19. The predicted molar refractivity (Wildman–Crippen MR) is 76.9 cm³/mol. The number of hydrogen-bond donors (Lipinski definition) is 2. The maximum absolute atomic E-state index is 11.9. The molecule has 1 aromatic heterocycles. The first-order valence-electron chi connectivity index (χ1n) is 6.54. The van der Waals surface area contributed by atoms with Gasteiger partial charge in [0.25, 0.3) is 5.91 Å². The lowest BCUT2D eigenvalue weighted by Crippen LogP contribution is -2.37. The molecule has 116 valence electrons. The number of carboxylic acid groups (broad SMARTS) is 1. The Balaban J connectivity index is 2.05. The number of carbonyl (C=O) groups is 2.